The molecule has 1 spiro atoms. The lowest BCUT2D eigenvalue weighted by molar-refractivity contribution is -0.142. The first-order valence-electron chi connectivity index (χ1n) is 14.5. The molecule has 3 aliphatic heterocycles. The molecule has 2 bridgehead atoms. The third kappa shape index (κ3) is 4.97. The van der Waals surface area contributed by atoms with Crippen molar-refractivity contribution < 1.29 is 23.9 Å². The van der Waals surface area contributed by atoms with Crippen molar-refractivity contribution in [3.05, 3.63) is 70.2 Å². The normalized spacial score (nSPS) is 33.0. The summed E-state index contributed by atoms with van der Waals surface area (Å²) in [7, 11) is 1.58. The van der Waals surface area contributed by atoms with Crippen molar-refractivity contribution in [1.82, 2.24) is 10.2 Å². The van der Waals surface area contributed by atoms with Crippen LogP contribution in [0, 0.1) is 23.7 Å². The zero-order chi connectivity index (χ0) is 29.8. The lowest BCUT2D eigenvalue weighted by Gasteiger charge is -2.38. The summed E-state index contributed by atoms with van der Waals surface area (Å²) in [6, 6.07) is 11.2. The highest BCUT2D eigenvalue weighted by Crippen LogP contribution is 2.55. The average molecular weight is 613 g/mol. The minimum absolute atomic E-state index is 0.000253. The van der Waals surface area contributed by atoms with Crippen LogP contribution >= 0.6 is 23.2 Å². The first-order chi connectivity index (χ1) is 20.1. The third-order valence-corrected chi connectivity index (χ3v) is 10.0. The number of nitrogens with one attached hydrogen (secondary N) is 2. The Morgan fingerprint density at radius 1 is 1.10 bits per heavy atom. The average Bonchev–Trinajstić information content (AvgIpc) is 3.58. The summed E-state index contributed by atoms with van der Waals surface area (Å²) in [6.45, 7) is 4.55. The predicted molar refractivity (Wildman–Crippen MR) is 160 cm³/mol. The molecule has 2 aromatic carbocycles. The van der Waals surface area contributed by atoms with Crippen LogP contribution in [0.3, 0.4) is 0 Å². The number of methoxy groups -OCH3 is 1. The number of fused-ring (bicyclic) bond motifs is 1. The Balaban J connectivity index is 1.34. The minimum Gasteiger partial charge on any atom is -0.497 e. The van der Waals surface area contributed by atoms with Gasteiger partial charge in [-0.25, -0.2) is 0 Å². The van der Waals surface area contributed by atoms with Crippen molar-refractivity contribution in [3.8, 4) is 5.75 Å². The van der Waals surface area contributed by atoms with E-state index < -0.39 is 29.6 Å². The number of carbonyl (C=O) groups excluding carboxylic acids is 3. The van der Waals surface area contributed by atoms with Crippen molar-refractivity contribution in [1.29, 1.82) is 0 Å². The molecule has 10 heteroatoms. The summed E-state index contributed by atoms with van der Waals surface area (Å²) in [5, 5.41) is 6.91. The second kappa shape index (κ2) is 11.2. The Kier molecular flexibility index (Phi) is 7.75. The number of likely N-dealkylation sites (tertiary alicyclic amines) is 1. The monoisotopic (exact) mass is 611 g/mol. The van der Waals surface area contributed by atoms with E-state index in [0.29, 0.717) is 33.3 Å². The molecular weight excluding hydrogens is 577 g/mol. The maximum absolute atomic E-state index is 14.3. The van der Waals surface area contributed by atoms with Crippen LogP contribution in [0.1, 0.15) is 38.7 Å². The molecule has 8 nitrogen and oxygen atoms in total. The lowest BCUT2D eigenvalue weighted by Crippen LogP contribution is -2.57. The number of anilines is 1. The van der Waals surface area contributed by atoms with Crippen LogP contribution in [0.5, 0.6) is 5.75 Å². The van der Waals surface area contributed by atoms with Crippen LogP contribution in [0.25, 0.3) is 0 Å². The molecule has 3 amide bonds. The number of hydrogen-bond acceptors (Lipinski definition) is 5. The highest BCUT2D eigenvalue weighted by atomic mass is 35.5. The van der Waals surface area contributed by atoms with E-state index in [1.54, 1.807) is 36.3 Å². The largest absolute Gasteiger partial charge is 0.497 e. The number of hydrogen-bond donors (Lipinski definition) is 2. The Morgan fingerprint density at radius 2 is 1.86 bits per heavy atom. The van der Waals surface area contributed by atoms with Crippen molar-refractivity contribution >= 4 is 46.6 Å². The molecule has 6 unspecified atom stereocenters. The standard InChI is InChI=1S/C32H35Cl2N3O5/c1-17-6-4-9-24(18(17)2)36-30(39)28-32-11-10-25(42-32)26(29(38)35-22-14-20(33)13-21(34)15-22)27(32)31(40)37(28)16-19-7-5-8-23(12-19)41-3/h5,7-8,10-15,17-18,24-28H,4,6,9,16H2,1-3H3,(H,35,38)(H,36,39)/t17?,18?,24?,25-,26?,27-,28?,32?/m1/s1. The lowest BCUT2D eigenvalue weighted by atomic mass is 9.73. The summed E-state index contributed by atoms with van der Waals surface area (Å²) >= 11 is 12.3. The van der Waals surface area contributed by atoms with Crippen molar-refractivity contribution in [2.75, 3.05) is 12.4 Å². The van der Waals surface area contributed by atoms with Gasteiger partial charge in [-0.3, -0.25) is 14.4 Å². The highest BCUT2D eigenvalue weighted by molar-refractivity contribution is 6.35. The zero-order valence-corrected chi connectivity index (χ0v) is 25.3. The van der Waals surface area contributed by atoms with E-state index in [1.165, 1.54) is 0 Å². The van der Waals surface area contributed by atoms with Crippen LogP contribution in [0.15, 0.2) is 54.6 Å². The molecule has 3 fully saturated rings. The molecule has 4 aliphatic rings. The smallest absolute Gasteiger partial charge is 0.246 e. The van der Waals surface area contributed by atoms with Gasteiger partial charge in [-0.1, -0.05) is 74.2 Å². The van der Waals surface area contributed by atoms with Gasteiger partial charge in [0.25, 0.3) is 0 Å². The van der Waals surface area contributed by atoms with E-state index >= 15 is 0 Å². The number of benzene rings is 2. The van der Waals surface area contributed by atoms with Gasteiger partial charge in [-0.15, -0.1) is 0 Å². The van der Waals surface area contributed by atoms with Crippen LogP contribution in [0.4, 0.5) is 5.69 Å². The highest BCUT2D eigenvalue weighted by Gasteiger charge is 2.72. The van der Waals surface area contributed by atoms with Crippen LogP contribution < -0.4 is 15.4 Å². The van der Waals surface area contributed by atoms with E-state index in [9.17, 15) is 14.4 Å². The fraction of sp³-hybridized carbons (Fsp3) is 0.469. The second-order valence-electron chi connectivity index (χ2n) is 12.0. The number of nitrogens with zero attached hydrogens (tertiary/aromatic N) is 1. The Hall–Kier alpha value is -3.07. The molecule has 8 atom stereocenters. The zero-order valence-electron chi connectivity index (χ0n) is 23.8. The first-order valence-corrected chi connectivity index (χ1v) is 15.2. The van der Waals surface area contributed by atoms with Gasteiger partial charge in [0.2, 0.25) is 17.7 Å². The minimum atomic E-state index is -1.26. The molecule has 1 saturated carbocycles. The molecule has 0 aromatic heterocycles. The van der Waals surface area contributed by atoms with E-state index in [4.69, 9.17) is 32.7 Å². The molecule has 2 aromatic rings. The van der Waals surface area contributed by atoms with Gasteiger partial charge < -0.3 is 25.0 Å². The summed E-state index contributed by atoms with van der Waals surface area (Å²) in [6.07, 6.45) is 6.04. The van der Waals surface area contributed by atoms with Crippen LogP contribution in [0.2, 0.25) is 10.0 Å². The van der Waals surface area contributed by atoms with E-state index in [2.05, 4.69) is 24.5 Å². The number of carbonyl (C=O) groups is 3. The van der Waals surface area contributed by atoms with Crippen LogP contribution in [-0.2, 0) is 25.7 Å². The molecule has 222 valence electrons. The maximum Gasteiger partial charge on any atom is 0.246 e. The number of rotatable bonds is 7. The third-order valence-electron chi connectivity index (χ3n) is 9.58. The molecule has 1 aliphatic carbocycles. The van der Waals surface area contributed by atoms with Gasteiger partial charge >= 0.3 is 0 Å². The van der Waals surface area contributed by atoms with E-state index in [-0.39, 0.29) is 30.3 Å². The van der Waals surface area contributed by atoms with Crippen molar-refractivity contribution in [3.63, 3.8) is 0 Å². The maximum atomic E-state index is 14.3. The predicted octanol–water partition coefficient (Wildman–Crippen LogP) is 5.23. The number of amides is 3. The Labute approximate surface area is 255 Å². The SMILES string of the molecule is COc1cccc(CN2C(=O)[C@H]3C(C(=O)Nc4cc(Cl)cc(Cl)c4)[C@H]4C=CC3(O4)C2C(=O)NC2CCCC(C)C2C)c1. The fourth-order valence-corrected chi connectivity index (χ4v) is 7.83. The van der Waals surface area contributed by atoms with Gasteiger partial charge in [0, 0.05) is 28.3 Å². The first kappa shape index (κ1) is 29.0. The van der Waals surface area contributed by atoms with Crippen molar-refractivity contribution in [2.45, 2.75) is 63.4 Å². The summed E-state index contributed by atoms with van der Waals surface area (Å²) in [5.41, 5.74) is -0.0290. The molecule has 42 heavy (non-hydrogen) atoms. The molecule has 0 radical (unpaired) electrons. The van der Waals surface area contributed by atoms with Gasteiger partial charge in [0.15, 0.2) is 0 Å². The number of ether oxygens (including phenoxy) is 2. The molecule has 2 N–H and O–H groups in total. The molecular formula is C32H35Cl2N3O5. The fourth-order valence-electron chi connectivity index (χ4n) is 7.30. The molecule has 6 rings (SSSR count). The second-order valence-corrected chi connectivity index (χ2v) is 12.9. The quantitative estimate of drug-likeness (QED) is 0.418. The molecule has 2 saturated heterocycles. The van der Waals surface area contributed by atoms with Crippen molar-refractivity contribution in [2.24, 2.45) is 23.7 Å². The van der Waals surface area contributed by atoms with Gasteiger partial charge in [-0.05, 0) is 54.2 Å². The van der Waals surface area contributed by atoms with Gasteiger partial charge in [-0.2, -0.15) is 0 Å². The Bertz CT molecular complexity index is 1430. The summed E-state index contributed by atoms with van der Waals surface area (Å²) in [4.78, 5) is 43.8. The number of halogens is 2. The summed E-state index contributed by atoms with van der Waals surface area (Å²) < 4.78 is 11.9. The summed E-state index contributed by atoms with van der Waals surface area (Å²) in [5.74, 6) is -1.20. The van der Waals surface area contributed by atoms with Gasteiger partial charge in [0.05, 0.1) is 25.0 Å². The van der Waals surface area contributed by atoms with Gasteiger partial charge in [0.1, 0.15) is 17.4 Å². The Morgan fingerprint density at radius 3 is 2.60 bits per heavy atom. The van der Waals surface area contributed by atoms with Crippen LogP contribution in [-0.4, -0.2) is 53.5 Å². The van der Waals surface area contributed by atoms with E-state index in [1.807, 2.05) is 30.3 Å². The topological polar surface area (TPSA) is 97.0 Å². The van der Waals surface area contributed by atoms with E-state index in [0.717, 1.165) is 24.8 Å². The molecule has 3 heterocycles.